The van der Waals surface area contributed by atoms with Crippen LogP contribution in [-0.4, -0.2) is 9.13 Å². The number of furan rings is 1. The fourth-order valence-corrected chi connectivity index (χ4v) is 8.82. The number of hydrogen-bond donors (Lipinski definition) is 0. The molecule has 0 N–H and O–H groups in total. The van der Waals surface area contributed by atoms with E-state index in [1.165, 1.54) is 66.3 Å². The molecule has 3 heteroatoms. The van der Waals surface area contributed by atoms with E-state index in [-0.39, 0.29) is 5.41 Å². The lowest BCUT2D eigenvalue weighted by Crippen LogP contribution is -2.25. The molecule has 10 aromatic rings. The monoisotopic (exact) mass is 666 g/mol. The Morgan fingerprint density at radius 2 is 1.19 bits per heavy atom. The Kier molecular flexibility index (Phi) is 6.15. The van der Waals surface area contributed by atoms with E-state index in [2.05, 4.69) is 180 Å². The molecule has 1 aliphatic carbocycles. The standard InChI is InChI=1S/C49H34N2O/c1-49(33-23-26-45-40(29-33)36-16-6-11-21-44(36)51(45)42-19-9-5-15-35(42)32-13-3-2-4-14-32)28-27-46-41(31-49)37-17-7-10-20-43(37)50(46)34-24-25-39-38-18-8-12-22-47(38)52-48(39)30-34/h2-30H,31H2,1H3. The number of allylic oxidation sites excluding steroid dienone is 1. The highest BCUT2D eigenvalue weighted by Crippen LogP contribution is 2.44. The molecular weight excluding hydrogens is 633 g/mol. The SMILES string of the molecule is CC1(c2ccc3c(c2)c2ccccc2n3-c2ccccc2-c2ccccc2)C=Cc2c(c3ccccc3n2-c2ccc3c(c2)oc2ccccc23)C1. The van der Waals surface area contributed by atoms with Gasteiger partial charge >= 0.3 is 0 Å². The number of para-hydroxylation sites is 4. The van der Waals surface area contributed by atoms with Crippen LogP contribution in [0.1, 0.15) is 23.7 Å². The maximum absolute atomic E-state index is 6.33. The number of nitrogens with zero attached hydrogens (tertiary/aromatic N) is 2. The molecule has 3 aromatic heterocycles. The summed E-state index contributed by atoms with van der Waals surface area (Å²) in [6.07, 6.45) is 5.68. The largest absolute Gasteiger partial charge is 0.456 e. The molecule has 3 heterocycles. The smallest absolute Gasteiger partial charge is 0.137 e. The minimum Gasteiger partial charge on any atom is -0.456 e. The maximum atomic E-state index is 6.33. The Morgan fingerprint density at radius 1 is 0.519 bits per heavy atom. The van der Waals surface area contributed by atoms with Crippen molar-refractivity contribution in [2.24, 2.45) is 0 Å². The van der Waals surface area contributed by atoms with E-state index in [1.807, 2.05) is 12.1 Å². The molecule has 3 nitrogen and oxygen atoms in total. The summed E-state index contributed by atoms with van der Waals surface area (Å²) in [6, 6.07) is 59.2. The van der Waals surface area contributed by atoms with Gasteiger partial charge in [-0.25, -0.2) is 0 Å². The molecule has 1 aliphatic rings. The Balaban J connectivity index is 1.05. The van der Waals surface area contributed by atoms with Crippen molar-refractivity contribution in [3.63, 3.8) is 0 Å². The summed E-state index contributed by atoms with van der Waals surface area (Å²) >= 11 is 0. The number of hydrogen-bond acceptors (Lipinski definition) is 1. The Bertz CT molecular complexity index is 3060. The van der Waals surface area contributed by atoms with E-state index in [1.54, 1.807) is 0 Å². The van der Waals surface area contributed by atoms with Gasteiger partial charge in [0.25, 0.3) is 0 Å². The molecule has 246 valence electrons. The summed E-state index contributed by atoms with van der Waals surface area (Å²) in [4.78, 5) is 0. The molecule has 0 spiro atoms. The average molecular weight is 667 g/mol. The quantitative estimate of drug-likeness (QED) is 0.183. The van der Waals surface area contributed by atoms with Gasteiger partial charge in [0.15, 0.2) is 0 Å². The van der Waals surface area contributed by atoms with Crippen LogP contribution in [0.5, 0.6) is 0 Å². The van der Waals surface area contributed by atoms with Crippen LogP contribution in [0.4, 0.5) is 0 Å². The summed E-state index contributed by atoms with van der Waals surface area (Å²) in [5.74, 6) is 0. The lowest BCUT2D eigenvalue weighted by molar-refractivity contribution is 0.589. The second kappa shape index (κ2) is 11.0. The molecule has 1 unspecified atom stereocenters. The average Bonchev–Trinajstić information content (AvgIpc) is 3.85. The van der Waals surface area contributed by atoms with Crippen molar-refractivity contribution >= 4 is 60.7 Å². The third-order valence-electron chi connectivity index (χ3n) is 11.4. The zero-order valence-electron chi connectivity index (χ0n) is 28.8. The summed E-state index contributed by atoms with van der Waals surface area (Å²) in [7, 11) is 0. The molecule has 7 aromatic carbocycles. The van der Waals surface area contributed by atoms with Crippen LogP contribution in [0.2, 0.25) is 0 Å². The second-order valence-electron chi connectivity index (χ2n) is 14.4. The lowest BCUT2D eigenvalue weighted by Gasteiger charge is -2.30. The van der Waals surface area contributed by atoms with Gasteiger partial charge in [-0.3, -0.25) is 0 Å². The Hall–Kier alpha value is -6.58. The first-order valence-electron chi connectivity index (χ1n) is 18.1. The minimum absolute atomic E-state index is 0.190. The fraction of sp³-hybridized carbons (Fsp3) is 0.0612. The van der Waals surface area contributed by atoms with Crippen molar-refractivity contribution in [2.75, 3.05) is 0 Å². The molecule has 11 rings (SSSR count). The third-order valence-corrected chi connectivity index (χ3v) is 11.4. The van der Waals surface area contributed by atoms with E-state index in [0.717, 1.165) is 34.0 Å². The van der Waals surface area contributed by atoms with Gasteiger partial charge in [0.05, 0.1) is 22.2 Å². The number of rotatable bonds is 4. The summed E-state index contributed by atoms with van der Waals surface area (Å²) in [5.41, 5.74) is 14.0. The molecule has 0 bridgehead atoms. The molecular formula is C49H34N2O. The zero-order chi connectivity index (χ0) is 34.4. The van der Waals surface area contributed by atoms with Crippen LogP contribution in [0.15, 0.2) is 174 Å². The first-order valence-corrected chi connectivity index (χ1v) is 18.1. The van der Waals surface area contributed by atoms with Crippen molar-refractivity contribution in [2.45, 2.75) is 18.8 Å². The Morgan fingerprint density at radius 3 is 2.06 bits per heavy atom. The zero-order valence-corrected chi connectivity index (χ0v) is 28.8. The predicted octanol–water partition coefficient (Wildman–Crippen LogP) is 12.8. The molecule has 0 radical (unpaired) electrons. The molecule has 52 heavy (non-hydrogen) atoms. The van der Waals surface area contributed by atoms with Crippen molar-refractivity contribution in [3.8, 4) is 22.5 Å². The first kappa shape index (κ1) is 29.2. The molecule has 0 saturated carbocycles. The molecule has 0 aliphatic heterocycles. The van der Waals surface area contributed by atoms with Crippen LogP contribution in [0.25, 0.3) is 83.2 Å². The topological polar surface area (TPSA) is 23.0 Å². The molecule has 1 atom stereocenters. The third kappa shape index (κ3) is 4.20. The van der Waals surface area contributed by atoms with Crippen LogP contribution in [0.3, 0.4) is 0 Å². The summed E-state index contributed by atoms with van der Waals surface area (Å²) < 4.78 is 11.2. The van der Waals surface area contributed by atoms with Gasteiger partial charge in [-0.1, -0.05) is 122 Å². The normalized spacial score (nSPS) is 15.7. The molecule has 0 fully saturated rings. The van der Waals surface area contributed by atoms with Crippen LogP contribution in [0, 0.1) is 0 Å². The van der Waals surface area contributed by atoms with Crippen molar-refractivity contribution in [3.05, 3.63) is 187 Å². The highest BCUT2D eigenvalue weighted by Gasteiger charge is 2.32. The van der Waals surface area contributed by atoms with Crippen molar-refractivity contribution in [1.82, 2.24) is 9.13 Å². The van der Waals surface area contributed by atoms with E-state index >= 15 is 0 Å². The van der Waals surface area contributed by atoms with Crippen molar-refractivity contribution < 1.29 is 4.42 Å². The first-order chi connectivity index (χ1) is 25.6. The highest BCUT2D eigenvalue weighted by atomic mass is 16.3. The number of aromatic nitrogens is 2. The second-order valence-corrected chi connectivity index (χ2v) is 14.4. The lowest BCUT2D eigenvalue weighted by atomic mass is 9.73. The molecule has 0 saturated heterocycles. The number of benzene rings is 7. The van der Waals surface area contributed by atoms with Crippen LogP contribution < -0.4 is 0 Å². The van der Waals surface area contributed by atoms with E-state index in [0.29, 0.717) is 0 Å². The van der Waals surface area contributed by atoms with Gasteiger partial charge in [-0.15, -0.1) is 0 Å². The van der Waals surface area contributed by atoms with Crippen LogP contribution in [-0.2, 0) is 11.8 Å². The van der Waals surface area contributed by atoms with Crippen LogP contribution >= 0.6 is 0 Å². The van der Waals surface area contributed by atoms with Gasteiger partial charge in [0, 0.05) is 55.4 Å². The van der Waals surface area contributed by atoms with E-state index in [4.69, 9.17) is 4.42 Å². The van der Waals surface area contributed by atoms with Gasteiger partial charge < -0.3 is 13.6 Å². The summed E-state index contributed by atoms with van der Waals surface area (Å²) in [5, 5.41) is 6.14. The van der Waals surface area contributed by atoms with E-state index < -0.39 is 0 Å². The Labute approximate surface area is 301 Å². The fourth-order valence-electron chi connectivity index (χ4n) is 8.82. The molecule has 0 amide bonds. The van der Waals surface area contributed by atoms with Gasteiger partial charge in [0.1, 0.15) is 11.2 Å². The van der Waals surface area contributed by atoms with Gasteiger partial charge in [0.2, 0.25) is 0 Å². The minimum atomic E-state index is -0.190. The number of fused-ring (bicyclic) bond motifs is 9. The van der Waals surface area contributed by atoms with Gasteiger partial charge in [-0.2, -0.15) is 0 Å². The summed E-state index contributed by atoms with van der Waals surface area (Å²) in [6.45, 7) is 2.39. The highest BCUT2D eigenvalue weighted by molar-refractivity contribution is 6.10. The van der Waals surface area contributed by atoms with E-state index in [9.17, 15) is 0 Å². The van der Waals surface area contributed by atoms with Crippen molar-refractivity contribution in [1.29, 1.82) is 0 Å². The maximum Gasteiger partial charge on any atom is 0.137 e. The van der Waals surface area contributed by atoms with Gasteiger partial charge in [-0.05, 0) is 77.7 Å². The predicted molar refractivity (Wildman–Crippen MR) is 217 cm³/mol.